The van der Waals surface area contributed by atoms with E-state index in [2.05, 4.69) is 17.6 Å². The smallest absolute Gasteiger partial charge is 0.354 e. The summed E-state index contributed by atoms with van der Waals surface area (Å²) < 4.78 is 0. The lowest BCUT2D eigenvalue weighted by molar-refractivity contribution is 0.0307. The third kappa shape index (κ3) is 2.92. The maximum Gasteiger partial charge on any atom is 0.354 e. The van der Waals surface area contributed by atoms with Crippen LogP contribution in [0.15, 0.2) is 18.2 Å². The summed E-state index contributed by atoms with van der Waals surface area (Å²) in [4.78, 5) is 14.3. The Morgan fingerprint density at radius 3 is 2.67 bits per heavy atom. The maximum absolute atomic E-state index is 10.6. The van der Waals surface area contributed by atoms with Gasteiger partial charge in [0.05, 0.1) is 11.8 Å². The fourth-order valence-electron chi connectivity index (χ4n) is 1.03. The molecular weight excluding hydrogens is 218 g/mol. The molecule has 0 aliphatic rings. The number of carbonyl (C=O) groups is 1. The highest BCUT2D eigenvalue weighted by Crippen LogP contribution is 2.15. The van der Waals surface area contributed by atoms with Gasteiger partial charge in [-0.05, 0) is 12.1 Å². The van der Waals surface area contributed by atoms with Crippen LogP contribution in [0.4, 0.5) is 0 Å². The number of carboxylic acids is 1. The quantitative estimate of drug-likeness (QED) is 0.550. The van der Waals surface area contributed by atoms with Gasteiger partial charge >= 0.3 is 5.97 Å². The predicted molar refractivity (Wildman–Crippen MR) is 56.0 cm³/mol. The number of aromatic carboxylic acids is 1. The molecule has 0 radical (unpaired) electrons. The first-order valence-corrected chi connectivity index (χ1v) is 4.86. The van der Waals surface area contributed by atoms with Crippen LogP contribution in [0.25, 0.3) is 0 Å². The molecule has 0 amide bonds. The Morgan fingerprint density at radius 1 is 1.47 bits per heavy atom. The van der Waals surface area contributed by atoms with Gasteiger partial charge in [0, 0.05) is 5.75 Å². The number of pyridine rings is 1. The summed E-state index contributed by atoms with van der Waals surface area (Å²) in [6.45, 7) is 0. The Balaban J connectivity index is 2.94. The minimum atomic E-state index is -1.22. The standard InChI is InChI=1S/C9H11NO4S/c11-7(4-15)8(12)5-2-1-3-6(10-5)9(13)14/h1-3,7-8,11-12,15H,4H2,(H,13,14). The first-order chi connectivity index (χ1) is 7.06. The Hall–Kier alpha value is -1.11. The Morgan fingerprint density at radius 2 is 2.13 bits per heavy atom. The van der Waals surface area contributed by atoms with Gasteiger partial charge in [0.2, 0.25) is 0 Å². The number of aliphatic hydroxyl groups is 2. The van der Waals surface area contributed by atoms with Crippen LogP contribution in [-0.2, 0) is 0 Å². The minimum absolute atomic E-state index is 0.0696. The van der Waals surface area contributed by atoms with Crippen LogP contribution in [-0.4, -0.2) is 38.1 Å². The zero-order chi connectivity index (χ0) is 11.4. The van der Waals surface area contributed by atoms with E-state index in [1.165, 1.54) is 18.2 Å². The molecule has 3 N–H and O–H groups in total. The van der Waals surface area contributed by atoms with Gasteiger partial charge in [0.15, 0.2) is 0 Å². The van der Waals surface area contributed by atoms with Gasteiger partial charge in [-0.25, -0.2) is 9.78 Å². The largest absolute Gasteiger partial charge is 0.477 e. The summed E-state index contributed by atoms with van der Waals surface area (Å²) >= 11 is 3.82. The van der Waals surface area contributed by atoms with Gasteiger partial charge < -0.3 is 15.3 Å². The van der Waals surface area contributed by atoms with Crippen LogP contribution in [0.5, 0.6) is 0 Å². The molecule has 5 nitrogen and oxygen atoms in total. The van der Waals surface area contributed by atoms with E-state index in [0.29, 0.717) is 0 Å². The first kappa shape index (κ1) is 12.0. The van der Waals surface area contributed by atoms with Crippen molar-refractivity contribution in [3.8, 4) is 0 Å². The van der Waals surface area contributed by atoms with Crippen molar-refractivity contribution in [3.05, 3.63) is 29.6 Å². The second-order valence-corrected chi connectivity index (χ2v) is 3.31. The second kappa shape index (κ2) is 5.11. The van der Waals surface area contributed by atoms with Crippen LogP contribution in [0, 0.1) is 0 Å². The molecule has 2 atom stereocenters. The van der Waals surface area contributed by atoms with Crippen molar-refractivity contribution in [1.82, 2.24) is 4.98 Å². The zero-order valence-electron chi connectivity index (χ0n) is 7.74. The number of nitrogens with zero attached hydrogens (tertiary/aromatic N) is 1. The molecule has 0 bridgehead atoms. The molecule has 1 aromatic heterocycles. The molecule has 82 valence electrons. The van der Waals surface area contributed by atoms with Crippen LogP contribution < -0.4 is 0 Å². The van der Waals surface area contributed by atoms with Crippen LogP contribution in [0.2, 0.25) is 0 Å². The number of thiol groups is 1. The molecule has 15 heavy (non-hydrogen) atoms. The lowest BCUT2D eigenvalue weighted by Gasteiger charge is -2.15. The molecule has 0 saturated carbocycles. The average Bonchev–Trinajstić information content (AvgIpc) is 2.27. The summed E-state index contributed by atoms with van der Waals surface area (Å²) in [5, 5.41) is 27.5. The van der Waals surface area contributed by atoms with Crippen molar-refractivity contribution in [2.24, 2.45) is 0 Å². The molecule has 0 fully saturated rings. The van der Waals surface area contributed by atoms with E-state index in [-0.39, 0.29) is 17.1 Å². The average molecular weight is 229 g/mol. The number of carboxylic acid groups (broad SMARTS) is 1. The highest BCUT2D eigenvalue weighted by Gasteiger charge is 2.19. The summed E-state index contributed by atoms with van der Waals surface area (Å²) in [6.07, 6.45) is -2.29. The van der Waals surface area contributed by atoms with E-state index in [1.807, 2.05) is 0 Å². The third-order valence-electron chi connectivity index (χ3n) is 1.84. The number of hydrogen-bond acceptors (Lipinski definition) is 5. The predicted octanol–water partition coefficient (Wildman–Crippen LogP) is 0.104. The molecule has 2 unspecified atom stereocenters. The van der Waals surface area contributed by atoms with Gasteiger partial charge in [-0.15, -0.1) is 0 Å². The summed E-state index contributed by atoms with van der Waals surface area (Å²) in [7, 11) is 0. The second-order valence-electron chi connectivity index (χ2n) is 2.95. The topological polar surface area (TPSA) is 90.7 Å². The highest BCUT2D eigenvalue weighted by molar-refractivity contribution is 7.80. The van der Waals surface area contributed by atoms with Crippen molar-refractivity contribution in [2.45, 2.75) is 12.2 Å². The van der Waals surface area contributed by atoms with E-state index in [0.717, 1.165) is 0 Å². The van der Waals surface area contributed by atoms with Crippen molar-refractivity contribution in [1.29, 1.82) is 0 Å². The van der Waals surface area contributed by atoms with Crippen molar-refractivity contribution in [2.75, 3.05) is 5.75 Å². The number of aliphatic hydroxyl groups excluding tert-OH is 2. The van der Waals surface area contributed by atoms with Crippen LogP contribution in [0.3, 0.4) is 0 Å². The summed E-state index contributed by atoms with van der Waals surface area (Å²) in [5.74, 6) is -1.11. The monoisotopic (exact) mass is 229 g/mol. The summed E-state index contributed by atoms with van der Waals surface area (Å²) in [5.41, 5.74) is -0.0469. The van der Waals surface area contributed by atoms with Crippen molar-refractivity contribution >= 4 is 18.6 Å². The molecule has 1 heterocycles. The fourth-order valence-corrected chi connectivity index (χ4v) is 1.23. The SMILES string of the molecule is O=C(O)c1cccc(C(O)C(O)CS)n1. The van der Waals surface area contributed by atoms with E-state index < -0.39 is 18.2 Å². The zero-order valence-corrected chi connectivity index (χ0v) is 8.63. The van der Waals surface area contributed by atoms with Gasteiger partial charge in [-0.1, -0.05) is 6.07 Å². The molecule has 1 rings (SSSR count). The van der Waals surface area contributed by atoms with Crippen molar-refractivity contribution < 1.29 is 20.1 Å². The van der Waals surface area contributed by atoms with E-state index in [9.17, 15) is 15.0 Å². The molecule has 0 aliphatic heterocycles. The van der Waals surface area contributed by atoms with E-state index in [4.69, 9.17) is 5.11 Å². The number of hydrogen-bond donors (Lipinski definition) is 4. The van der Waals surface area contributed by atoms with Gasteiger partial charge in [-0.3, -0.25) is 0 Å². The number of aromatic nitrogens is 1. The molecule has 1 aromatic rings. The Kier molecular flexibility index (Phi) is 4.07. The third-order valence-corrected chi connectivity index (χ3v) is 2.22. The van der Waals surface area contributed by atoms with Gasteiger partial charge in [-0.2, -0.15) is 12.6 Å². The molecular formula is C9H11NO4S. The normalized spacial score (nSPS) is 14.6. The first-order valence-electron chi connectivity index (χ1n) is 4.23. The van der Waals surface area contributed by atoms with Crippen LogP contribution in [0.1, 0.15) is 22.3 Å². The molecule has 0 spiro atoms. The number of rotatable bonds is 4. The lowest BCUT2D eigenvalue weighted by atomic mass is 10.1. The van der Waals surface area contributed by atoms with Crippen LogP contribution >= 0.6 is 12.6 Å². The minimum Gasteiger partial charge on any atom is -0.477 e. The Labute approximate surface area is 91.8 Å². The fraction of sp³-hybridized carbons (Fsp3) is 0.333. The van der Waals surface area contributed by atoms with E-state index in [1.54, 1.807) is 0 Å². The molecule has 0 aromatic carbocycles. The van der Waals surface area contributed by atoms with Gasteiger partial charge in [0.25, 0.3) is 0 Å². The maximum atomic E-state index is 10.6. The summed E-state index contributed by atoms with van der Waals surface area (Å²) in [6, 6.07) is 4.22. The highest BCUT2D eigenvalue weighted by atomic mass is 32.1. The van der Waals surface area contributed by atoms with Gasteiger partial charge in [0.1, 0.15) is 11.8 Å². The Bertz CT molecular complexity index is 358. The van der Waals surface area contributed by atoms with Crippen molar-refractivity contribution in [3.63, 3.8) is 0 Å². The lowest BCUT2D eigenvalue weighted by Crippen LogP contribution is -2.21. The molecule has 0 saturated heterocycles. The molecule has 6 heteroatoms. The van der Waals surface area contributed by atoms with E-state index >= 15 is 0 Å². The molecule has 0 aliphatic carbocycles.